The fraction of sp³-hybridized carbons (Fsp3) is 0.100. The highest BCUT2D eigenvalue weighted by molar-refractivity contribution is 5.82. The Kier molecular flexibility index (Phi) is 2.43. The molecule has 2 rings (SSSR count). The van der Waals surface area contributed by atoms with Crippen LogP contribution in [0.4, 0.5) is 19.0 Å². The number of aryl methyl sites for hydroxylation is 1. The Morgan fingerprint density at radius 3 is 2.50 bits per heavy atom. The fourth-order valence-corrected chi connectivity index (χ4v) is 1.47. The van der Waals surface area contributed by atoms with Gasteiger partial charge < -0.3 is 5.43 Å². The molecule has 0 aliphatic carbocycles. The highest BCUT2D eigenvalue weighted by Crippen LogP contribution is 2.25. The number of nitrogen functional groups attached to an aromatic ring is 1. The van der Waals surface area contributed by atoms with Crippen LogP contribution in [0.3, 0.4) is 0 Å². The molecule has 0 amide bonds. The van der Waals surface area contributed by atoms with E-state index in [0.717, 1.165) is 6.07 Å². The van der Waals surface area contributed by atoms with Crippen molar-refractivity contribution < 1.29 is 13.2 Å². The molecule has 1 aromatic heterocycles. The lowest BCUT2D eigenvalue weighted by Gasteiger charge is -2.07. The summed E-state index contributed by atoms with van der Waals surface area (Å²) in [6, 6.07) is 2.18. The first kappa shape index (κ1) is 10.7. The molecule has 0 spiro atoms. The molecule has 1 heterocycles. The predicted octanol–water partition coefficient (Wildman–Crippen LogP) is 2.25. The van der Waals surface area contributed by atoms with E-state index in [4.69, 9.17) is 5.84 Å². The fourth-order valence-electron chi connectivity index (χ4n) is 1.47. The van der Waals surface area contributed by atoms with Gasteiger partial charge in [0.05, 0.1) is 5.52 Å². The number of nitrogens with zero attached hydrogens (tertiary/aromatic N) is 1. The number of nitrogens with one attached hydrogen (secondary N) is 1. The number of aromatic nitrogens is 1. The summed E-state index contributed by atoms with van der Waals surface area (Å²) in [4.78, 5) is 3.87. The first-order chi connectivity index (χ1) is 7.54. The number of halogens is 3. The van der Waals surface area contributed by atoms with Gasteiger partial charge in [0.25, 0.3) is 0 Å². The van der Waals surface area contributed by atoms with E-state index in [1.165, 1.54) is 6.07 Å². The summed E-state index contributed by atoms with van der Waals surface area (Å²) in [6.07, 6.45) is 0. The molecular formula is C10H8F3N3. The molecule has 2 aromatic rings. The SMILES string of the molecule is Cc1cc2c(F)c(F)c(F)cc2nc1NN. The van der Waals surface area contributed by atoms with Crippen molar-refractivity contribution in [2.24, 2.45) is 5.84 Å². The largest absolute Gasteiger partial charge is 0.308 e. The van der Waals surface area contributed by atoms with Crippen molar-refractivity contribution in [3.8, 4) is 0 Å². The third kappa shape index (κ3) is 1.47. The van der Waals surface area contributed by atoms with Gasteiger partial charge in [-0.2, -0.15) is 0 Å². The molecule has 0 fully saturated rings. The number of benzene rings is 1. The first-order valence-corrected chi connectivity index (χ1v) is 4.46. The van der Waals surface area contributed by atoms with Crippen molar-refractivity contribution in [1.29, 1.82) is 0 Å². The smallest absolute Gasteiger partial charge is 0.195 e. The zero-order valence-corrected chi connectivity index (χ0v) is 8.31. The summed E-state index contributed by atoms with van der Waals surface area (Å²) in [7, 11) is 0. The van der Waals surface area contributed by atoms with Crippen LogP contribution in [0.15, 0.2) is 12.1 Å². The Bertz CT molecular complexity index is 569. The second kappa shape index (κ2) is 3.64. The van der Waals surface area contributed by atoms with Crippen molar-refractivity contribution in [1.82, 2.24) is 4.98 Å². The molecule has 84 valence electrons. The molecule has 3 nitrogen and oxygen atoms in total. The van der Waals surface area contributed by atoms with E-state index in [1.807, 2.05) is 0 Å². The monoisotopic (exact) mass is 227 g/mol. The van der Waals surface area contributed by atoms with Gasteiger partial charge in [-0.3, -0.25) is 0 Å². The van der Waals surface area contributed by atoms with Crippen LogP contribution < -0.4 is 11.3 Å². The summed E-state index contributed by atoms with van der Waals surface area (Å²) >= 11 is 0. The lowest BCUT2D eigenvalue weighted by Crippen LogP contribution is -2.10. The van der Waals surface area contributed by atoms with Crippen molar-refractivity contribution >= 4 is 16.7 Å². The van der Waals surface area contributed by atoms with Gasteiger partial charge in [-0.1, -0.05) is 0 Å². The molecule has 0 radical (unpaired) electrons. The zero-order chi connectivity index (χ0) is 11.9. The maximum absolute atomic E-state index is 13.4. The van der Waals surface area contributed by atoms with E-state index in [-0.39, 0.29) is 16.7 Å². The quantitative estimate of drug-likeness (QED) is 0.446. The Hall–Kier alpha value is -1.82. The van der Waals surface area contributed by atoms with Gasteiger partial charge >= 0.3 is 0 Å². The minimum absolute atomic E-state index is 0.00921. The van der Waals surface area contributed by atoms with Crippen LogP contribution >= 0.6 is 0 Å². The van der Waals surface area contributed by atoms with Crippen LogP contribution in [0, 0.1) is 24.4 Å². The molecule has 0 aliphatic heterocycles. The normalized spacial score (nSPS) is 10.8. The van der Waals surface area contributed by atoms with E-state index in [1.54, 1.807) is 6.92 Å². The van der Waals surface area contributed by atoms with E-state index in [0.29, 0.717) is 5.56 Å². The second-order valence-corrected chi connectivity index (χ2v) is 3.35. The maximum atomic E-state index is 13.4. The van der Waals surface area contributed by atoms with E-state index < -0.39 is 17.5 Å². The van der Waals surface area contributed by atoms with Crippen LogP contribution in [0.1, 0.15) is 5.56 Å². The van der Waals surface area contributed by atoms with Crippen molar-refractivity contribution in [2.75, 3.05) is 5.43 Å². The molecule has 1 aromatic carbocycles. The summed E-state index contributed by atoms with van der Waals surface area (Å²) < 4.78 is 39.3. The number of rotatable bonds is 1. The van der Waals surface area contributed by atoms with Crippen LogP contribution in [0.2, 0.25) is 0 Å². The van der Waals surface area contributed by atoms with Crippen molar-refractivity contribution in [3.05, 3.63) is 35.1 Å². The lowest BCUT2D eigenvalue weighted by atomic mass is 10.1. The minimum atomic E-state index is -1.50. The topological polar surface area (TPSA) is 50.9 Å². The molecule has 0 saturated carbocycles. The summed E-state index contributed by atoms with van der Waals surface area (Å²) in [5.41, 5.74) is 2.84. The molecule has 6 heteroatoms. The first-order valence-electron chi connectivity index (χ1n) is 4.46. The average Bonchev–Trinajstić information content (AvgIpc) is 2.27. The zero-order valence-electron chi connectivity index (χ0n) is 8.31. The van der Waals surface area contributed by atoms with Gasteiger partial charge in [-0.25, -0.2) is 24.0 Å². The van der Waals surface area contributed by atoms with Crippen molar-refractivity contribution in [3.63, 3.8) is 0 Å². The average molecular weight is 227 g/mol. The summed E-state index contributed by atoms with van der Waals surface area (Å²) in [5.74, 6) is 1.45. The summed E-state index contributed by atoms with van der Waals surface area (Å²) in [6.45, 7) is 1.63. The molecule has 0 saturated heterocycles. The molecule has 0 atom stereocenters. The number of hydrogen-bond acceptors (Lipinski definition) is 3. The molecule has 16 heavy (non-hydrogen) atoms. The third-order valence-corrected chi connectivity index (χ3v) is 2.28. The molecule has 0 bridgehead atoms. The van der Waals surface area contributed by atoms with Gasteiger partial charge in [0, 0.05) is 11.5 Å². The van der Waals surface area contributed by atoms with Crippen LogP contribution in [-0.4, -0.2) is 4.98 Å². The number of hydrogen-bond donors (Lipinski definition) is 2. The van der Waals surface area contributed by atoms with Crippen LogP contribution in [0.5, 0.6) is 0 Å². The van der Waals surface area contributed by atoms with Crippen molar-refractivity contribution in [2.45, 2.75) is 6.92 Å². The molecule has 0 unspecified atom stereocenters. The summed E-state index contributed by atoms with van der Waals surface area (Å²) in [5, 5.41) is -0.0737. The molecule has 3 N–H and O–H groups in total. The lowest BCUT2D eigenvalue weighted by molar-refractivity contribution is 0.453. The standard InChI is InChI=1S/C10H8F3N3/c1-4-2-5-7(15-10(4)16-14)3-6(11)9(13)8(5)12/h2-3H,14H2,1H3,(H,15,16). The molecule has 0 aliphatic rings. The van der Waals surface area contributed by atoms with Gasteiger partial charge in [0.2, 0.25) is 0 Å². The maximum Gasteiger partial charge on any atom is 0.195 e. The van der Waals surface area contributed by atoms with Crippen LogP contribution in [0.25, 0.3) is 10.9 Å². The highest BCUT2D eigenvalue weighted by atomic mass is 19.2. The number of nitrogens with two attached hydrogens (primary N) is 1. The number of pyridine rings is 1. The van der Waals surface area contributed by atoms with E-state index in [9.17, 15) is 13.2 Å². The number of anilines is 1. The third-order valence-electron chi connectivity index (χ3n) is 2.28. The highest BCUT2D eigenvalue weighted by Gasteiger charge is 2.15. The van der Waals surface area contributed by atoms with E-state index in [2.05, 4.69) is 10.4 Å². The Morgan fingerprint density at radius 2 is 1.88 bits per heavy atom. The van der Waals surface area contributed by atoms with Gasteiger partial charge in [0.15, 0.2) is 17.5 Å². The number of fused-ring (bicyclic) bond motifs is 1. The number of hydrazine groups is 1. The molecular weight excluding hydrogens is 219 g/mol. The minimum Gasteiger partial charge on any atom is -0.308 e. The van der Waals surface area contributed by atoms with Gasteiger partial charge in [-0.05, 0) is 18.6 Å². The second-order valence-electron chi connectivity index (χ2n) is 3.35. The Balaban J connectivity index is 2.86. The van der Waals surface area contributed by atoms with E-state index >= 15 is 0 Å². The Morgan fingerprint density at radius 1 is 1.19 bits per heavy atom. The predicted molar refractivity (Wildman–Crippen MR) is 54.2 cm³/mol. The Labute approximate surface area is 89.1 Å². The van der Waals surface area contributed by atoms with Gasteiger partial charge in [-0.15, -0.1) is 0 Å². The van der Waals surface area contributed by atoms with Crippen LogP contribution in [-0.2, 0) is 0 Å². The van der Waals surface area contributed by atoms with Gasteiger partial charge in [0.1, 0.15) is 5.82 Å².